The molecule has 0 unspecified atom stereocenters. The van der Waals surface area contributed by atoms with Crippen LogP contribution in [-0.2, 0) is 0 Å². The molecular weight excluding hydrogens is 182 g/mol. The number of nitriles is 1. The molecule has 78 valence electrons. The molecule has 0 aromatic carbocycles. The topological polar surface area (TPSA) is 23.8 Å². The van der Waals surface area contributed by atoms with Gasteiger partial charge in [-0.2, -0.15) is 5.26 Å². The van der Waals surface area contributed by atoms with Gasteiger partial charge in [-0.05, 0) is 50.8 Å². The molecular formula is C14H17N. The third kappa shape index (κ3) is 2.95. The lowest BCUT2D eigenvalue weighted by Crippen LogP contribution is -1.97. The van der Waals surface area contributed by atoms with Crippen LogP contribution >= 0.6 is 0 Å². The molecule has 1 nitrogen and oxygen atoms in total. The first kappa shape index (κ1) is 11.5. The predicted octanol–water partition coefficient (Wildman–Crippen LogP) is 4.07. The highest BCUT2D eigenvalue weighted by atomic mass is 14.3. The standard InChI is InChI=1S/C14H17N/c1-4-5-6-11(2)14-9-13(10-15)8-7-12(14)3/h4-6,9H,7-8H2,1-3H3/b5-4+,11-6+. The van der Waals surface area contributed by atoms with E-state index in [-0.39, 0.29) is 0 Å². The number of rotatable bonds is 2. The molecule has 0 atom stereocenters. The van der Waals surface area contributed by atoms with Gasteiger partial charge in [-0.15, -0.1) is 0 Å². The normalized spacial score (nSPS) is 18.0. The Labute approximate surface area is 92.1 Å². The largest absolute Gasteiger partial charge is 0.193 e. The molecule has 1 aliphatic rings. The molecule has 0 aromatic heterocycles. The molecule has 0 saturated heterocycles. The number of allylic oxidation sites excluding steroid dienone is 8. The van der Waals surface area contributed by atoms with Crippen molar-refractivity contribution in [3.8, 4) is 6.07 Å². The monoisotopic (exact) mass is 199 g/mol. The summed E-state index contributed by atoms with van der Waals surface area (Å²) in [6, 6.07) is 2.25. The molecule has 0 fully saturated rings. The molecule has 0 aromatic rings. The van der Waals surface area contributed by atoms with Crippen molar-refractivity contribution in [3.63, 3.8) is 0 Å². The second-order valence-corrected chi connectivity index (χ2v) is 3.85. The molecule has 0 amide bonds. The van der Waals surface area contributed by atoms with E-state index < -0.39 is 0 Å². The summed E-state index contributed by atoms with van der Waals surface area (Å²) >= 11 is 0. The zero-order valence-corrected chi connectivity index (χ0v) is 9.67. The van der Waals surface area contributed by atoms with Crippen molar-refractivity contribution < 1.29 is 0 Å². The van der Waals surface area contributed by atoms with Gasteiger partial charge >= 0.3 is 0 Å². The van der Waals surface area contributed by atoms with Crippen LogP contribution < -0.4 is 0 Å². The van der Waals surface area contributed by atoms with Crippen molar-refractivity contribution >= 4 is 0 Å². The summed E-state index contributed by atoms with van der Waals surface area (Å²) in [4.78, 5) is 0. The van der Waals surface area contributed by atoms with Crippen LogP contribution in [0.15, 0.2) is 46.6 Å². The Morgan fingerprint density at radius 2 is 2.20 bits per heavy atom. The van der Waals surface area contributed by atoms with E-state index in [0.717, 1.165) is 18.4 Å². The minimum Gasteiger partial charge on any atom is -0.193 e. The number of nitrogens with zero attached hydrogens (tertiary/aromatic N) is 1. The Morgan fingerprint density at radius 1 is 1.47 bits per heavy atom. The minimum atomic E-state index is 0.892. The Balaban J connectivity index is 3.03. The molecule has 1 heteroatoms. The summed E-state index contributed by atoms with van der Waals surface area (Å²) in [6.07, 6.45) is 10.1. The second-order valence-electron chi connectivity index (χ2n) is 3.85. The third-order valence-corrected chi connectivity index (χ3v) is 2.65. The maximum Gasteiger partial charge on any atom is 0.0947 e. The van der Waals surface area contributed by atoms with Crippen molar-refractivity contribution in [1.29, 1.82) is 5.26 Å². The molecule has 0 N–H and O–H groups in total. The van der Waals surface area contributed by atoms with E-state index in [1.54, 1.807) is 0 Å². The van der Waals surface area contributed by atoms with Gasteiger partial charge in [0.15, 0.2) is 0 Å². The Hall–Kier alpha value is -1.55. The van der Waals surface area contributed by atoms with Gasteiger partial charge in [-0.1, -0.05) is 23.8 Å². The Morgan fingerprint density at radius 3 is 2.80 bits per heavy atom. The summed E-state index contributed by atoms with van der Waals surface area (Å²) in [6.45, 7) is 6.24. The van der Waals surface area contributed by atoms with Gasteiger partial charge in [0, 0.05) is 5.57 Å². The summed E-state index contributed by atoms with van der Waals surface area (Å²) in [5.74, 6) is 0. The van der Waals surface area contributed by atoms with Crippen LogP contribution in [0.25, 0.3) is 0 Å². The average molecular weight is 199 g/mol. The zero-order chi connectivity index (χ0) is 11.3. The van der Waals surface area contributed by atoms with E-state index in [9.17, 15) is 0 Å². The average Bonchev–Trinajstić information content (AvgIpc) is 2.26. The molecule has 0 saturated carbocycles. The van der Waals surface area contributed by atoms with Crippen molar-refractivity contribution in [2.45, 2.75) is 33.6 Å². The minimum absolute atomic E-state index is 0.892. The fraction of sp³-hybridized carbons (Fsp3) is 0.357. The van der Waals surface area contributed by atoms with Crippen molar-refractivity contribution in [3.05, 3.63) is 46.6 Å². The highest BCUT2D eigenvalue weighted by Gasteiger charge is 2.10. The van der Waals surface area contributed by atoms with Crippen LogP contribution in [0.3, 0.4) is 0 Å². The Kier molecular flexibility index (Phi) is 4.12. The quantitative estimate of drug-likeness (QED) is 0.615. The molecule has 0 heterocycles. The van der Waals surface area contributed by atoms with Crippen LogP contribution in [0.2, 0.25) is 0 Å². The van der Waals surface area contributed by atoms with Crippen LogP contribution in [-0.4, -0.2) is 0 Å². The number of hydrogen-bond donors (Lipinski definition) is 0. The van der Waals surface area contributed by atoms with Crippen LogP contribution in [0.4, 0.5) is 0 Å². The molecule has 0 bridgehead atoms. The van der Waals surface area contributed by atoms with Gasteiger partial charge < -0.3 is 0 Å². The summed E-state index contributed by atoms with van der Waals surface area (Å²) in [7, 11) is 0. The van der Waals surface area contributed by atoms with E-state index in [1.807, 2.05) is 25.2 Å². The van der Waals surface area contributed by atoms with Crippen LogP contribution in [0.5, 0.6) is 0 Å². The second kappa shape index (κ2) is 5.36. The van der Waals surface area contributed by atoms with E-state index in [4.69, 9.17) is 5.26 Å². The Bertz CT molecular complexity index is 398. The van der Waals surface area contributed by atoms with Crippen molar-refractivity contribution in [2.75, 3.05) is 0 Å². The molecule has 1 aliphatic carbocycles. The zero-order valence-electron chi connectivity index (χ0n) is 9.67. The van der Waals surface area contributed by atoms with E-state index in [0.29, 0.717) is 0 Å². The molecule has 15 heavy (non-hydrogen) atoms. The van der Waals surface area contributed by atoms with Crippen molar-refractivity contribution in [1.82, 2.24) is 0 Å². The first-order valence-electron chi connectivity index (χ1n) is 5.29. The smallest absolute Gasteiger partial charge is 0.0947 e. The molecule has 1 rings (SSSR count). The first-order valence-corrected chi connectivity index (χ1v) is 5.29. The summed E-state index contributed by atoms with van der Waals surface area (Å²) in [5.41, 5.74) is 4.74. The fourth-order valence-corrected chi connectivity index (χ4v) is 1.70. The lowest BCUT2D eigenvalue weighted by Gasteiger charge is -2.14. The summed E-state index contributed by atoms with van der Waals surface area (Å²) in [5, 5.41) is 8.88. The molecule has 0 radical (unpaired) electrons. The van der Waals surface area contributed by atoms with Gasteiger partial charge in [-0.3, -0.25) is 0 Å². The molecule has 0 aliphatic heterocycles. The van der Waals surface area contributed by atoms with E-state index >= 15 is 0 Å². The number of hydrogen-bond acceptors (Lipinski definition) is 1. The van der Waals surface area contributed by atoms with Gasteiger partial charge in [0.05, 0.1) is 6.07 Å². The highest BCUT2D eigenvalue weighted by Crippen LogP contribution is 2.27. The van der Waals surface area contributed by atoms with Gasteiger partial charge in [0.1, 0.15) is 0 Å². The van der Waals surface area contributed by atoms with Crippen LogP contribution in [0, 0.1) is 11.3 Å². The van der Waals surface area contributed by atoms with Crippen LogP contribution in [0.1, 0.15) is 33.6 Å². The highest BCUT2D eigenvalue weighted by molar-refractivity contribution is 5.49. The third-order valence-electron chi connectivity index (χ3n) is 2.65. The van der Waals surface area contributed by atoms with Gasteiger partial charge in [0.2, 0.25) is 0 Å². The van der Waals surface area contributed by atoms with Gasteiger partial charge in [-0.25, -0.2) is 0 Å². The lowest BCUT2D eigenvalue weighted by molar-refractivity contribution is 0.912. The predicted molar refractivity (Wildman–Crippen MR) is 64.2 cm³/mol. The maximum absolute atomic E-state index is 8.88. The SMILES string of the molecule is C/C=C/C=C(\C)C1=C(C)CCC(C#N)=C1. The first-order chi connectivity index (χ1) is 7.19. The van der Waals surface area contributed by atoms with Crippen molar-refractivity contribution in [2.24, 2.45) is 0 Å². The summed E-state index contributed by atoms with van der Waals surface area (Å²) < 4.78 is 0. The molecule has 0 spiro atoms. The van der Waals surface area contributed by atoms with E-state index in [2.05, 4.69) is 26.0 Å². The lowest BCUT2D eigenvalue weighted by atomic mass is 9.90. The van der Waals surface area contributed by atoms with E-state index in [1.165, 1.54) is 16.7 Å². The fourth-order valence-electron chi connectivity index (χ4n) is 1.70. The maximum atomic E-state index is 8.88. The van der Waals surface area contributed by atoms with Gasteiger partial charge in [0.25, 0.3) is 0 Å².